The summed E-state index contributed by atoms with van der Waals surface area (Å²) < 4.78 is 2.03. The molecule has 0 aliphatic carbocycles. The van der Waals surface area contributed by atoms with Crippen LogP contribution >= 0.6 is 35.2 Å². The maximum Gasteiger partial charge on any atom is 0.303 e. The molecule has 0 amide bonds. The lowest BCUT2D eigenvalue weighted by Gasteiger charge is -2.04. The molecule has 6 nitrogen and oxygen atoms in total. The lowest BCUT2D eigenvalue weighted by Crippen LogP contribution is -2.02. The summed E-state index contributed by atoms with van der Waals surface area (Å²) in [6, 6.07) is 7.25. The second-order valence-electron chi connectivity index (χ2n) is 5.50. The van der Waals surface area contributed by atoms with Crippen LogP contribution < -0.4 is 0 Å². The molecule has 0 spiro atoms. The minimum Gasteiger partial charge on any atom is -0.493 e. The number of aromatic nitrogens is 1. The number of aliphatic carboxylic acids is 1. The van der Waals surface area contributed by atoms with Crippen molar-refractivity contribution in [1.82, 2.24) is 4.57 Å². The SMILES string of the molecule is O=C(O)CCCn1c(O)c(C=C2C=NN=C2c2ccc(Cl)cc2)sc1=S. The van der Waals surface area contributed by atoms with Gasteiger partial charge in [0, 0.05) is 29.1 Å². The van der Waals surface area contributed by atoms with Gasteiger partial charge in [-0.25, -0.2) is 0 Å². The number of carbonyl (C=O) groups is 1. The first kappa shape index (κ1) is 18.5. The number of aromatic hydroxyl groups is 1. The molecule has 1 aromatic carbocycles. The van der Waals surface area contributed by atoms with Crippen molar-refractivity contribution in [2.45, 2.75) is 19.4 Å². The molecular formula is C17H14ClN3O3S2. The Morgan fingerprint density at radius 1 is 1.35 bits per heavy atom. The van der Waals surface area contributed by atoms with Crippen molar-refractivity contribution < 1.29 is 15.0 Å². The number of thiazole rings is 1. The van der Waals surface area contributed by atoms with Crippen LogP contribution in [0, 0.1) is 3.95 Å². The molecule has 0 atom stereocenters. The van der Waals surface area contributed by atoms with Crippen LogP contribution in [0.3, 0.4) is 0 Å². The Morgan fingerprint density at radius 3 is 2.77 bits per heavy atom. The Bertz CT molecular complexity index is 988. The fraction of sp³-hybridized carbons (Fsp3) is 0.176. The first-order chi connectivity index (χ1) is 12.5. The van der Waals surface area contributed by atoms with Crippen LogP contribution in [0.1, 0.15) is 23.3 Å². The number of hydrogen-bond donors (Lipinski definition) is 2. The van der Waals surface area contributed by atoms with Crippen molar-refractivity contribution in [3.05, 3.63) is 49.3 Å². The van der Waals surface area contributed by atoms with Gasteiger partial charge in [-0.2, -0.15) is 5.10 Å². The topological polar surface area (TPSA) is 87.2 Å². The number of nitrogens with zero attached hydrogens (tertiary/aromatic N) is 3. The average molecular weight is 408 g/mol. The van der Waals surface area contributed by atoms with Gasteiger partial charge in [-0.15, -0.1) is 16.4 Å². The monoisotopic (exact) mass is 407 g/mol. The largest absolute Gasteiger partial charge is 0.493 e. The van der Waals surface area contributed by atoms with Crippen molar-refractivity contribution in [1.29, 1.82) is 0 Å². The number of halogens is 1. The van der Waals surface area contributed by atoms with Gasteiger partial charge in [-0.05, 0) is 36.8 Å². The van der Waals surface area contributed by atoms with Crippen LogP contribution in [0.15, 0.2) is 40.0 Å². The van der Waals surface area contributed by atoms with Gasteiger partial charge in [-0.1, -0.05) is 23.7 Å². The van der Waals surface area contributed by atoms with Crippen molar-refractivity contribution in [3.8, 4) is 5.88 Å². The summed E-state index contributed by atoms with van der Waals surface area (Å²) in [7, 11) is 0. The molecule has 1 aliphatic heterocycles. The fourth-order valence-corrected chi connectivity index (χ4v) is 3.88. The van der Waals surface area contributed by atoms with E-state index in [0.29, 0.717) is 32.5 Å². The van der Waals surface area contributed by atoms with Gasteiger partial charge in [0.2, 0.25) is 5.88 Å². The molecule has 26 heavy (non-hydrogen) atoms. The first-order valence-electron chi connectivity index (χ1n) is 7.69. The van der Waals surface area contributed by atoms with Crippen LogP contribution in [0.2, 0.25) is 5.02 Å². The van der Waals surface area contributed by atoms with Gasteiger partial charge in [0.05, 0.1) is 11.1 Å². The van der Waals surface area contributed by atoms with Crippen molar-refractivity contribution in [2.24, 2.45) is 10.2 Å². The summed E-state index contributed by atoms with van der Waals surface area (Å²) in [5.41, 5.74) is 2.29. The molecule has 1 aliphatic rings. The lowest BCUT2D eigenvalue weighted by molar-refractivity contribution is -0.137. The zero-order valence-electron chi connectivity index (χ0n) is 13.4. The Balaban J connectivity index is 1.86. The number of hydrogen-bond acceptors (Lipinski definition) is 6. The summed E-state index contributed by atoms with van der Waals surface area (Å²) >= 11 is 12.5. The molecule has 0 bridgehead atoms. The summed E-state index contributed by atoms with van der Waals surface area (Å²) in [6.45, 7) is 0.350. The molecule has 0 saturated carbocycles. The highest BCUT2D eigenvalue weighted by molar-refractivity contribution is 7.73. The predicted octanol–water partition coefficient (Wildman–Crippen LogP) is 4.37. The van der Waals surface area contributed by atoms with E-state index in [1.54, 1.807) is 29.0 Å². The van der Waals surface area contributed by atoms with E-state index < -0.39 is 5.97 Å². The fourth-order valence-electron chi connectivity index (χ4n) is 2.44. The van der Waals surface area contributed by atoms with E-state index >= 15 is 0 Å². The Hall–Kier alpha value is -2.29. The second kappa shape index (κ2) is 7.94. The molecule has 0 radical (unpaired) electrons. The highest BCUT2D eigenvalue weighted by Gasteiger charge is 2.16. The molecule has 0 saturated heterocycles. The number of benzene rings is 1. The maximum atomic E-state index is 10.6. The number of rotatable bonds is 6. The van der Waals surface area contributed by atoms with E-state index in [1.165, 1.54) is 11.3 Å². The zero-order valence-corrected chi connectivity index (χ0v) is 15.8. The van der Waals surface area contributed by atoms with E-state index in [-0.39, 0.29) is 12.3 Å². The van der Waals surface area contributed by atoms with E-state index in [0.717, 1.165) is 11.1 Å². The van der Waals surface area contributed by atoms with Gasteiger partial charge in [0.25, 0.3) is 0 Å². The highest BCUT2D eigenvalue weighted by atomic mass is 35.5. The predicted molar refractivity (Wildman–Crippen MR) is 106 cm³/mol. The molecule has 2 aromatic rings. The van der Waals surface area contributed by atoms with E-state index in [2.05, 4.69) is 10.2 Å². The molecule has 9 heteroatoms. The van der Waals surface area contributed by atoms with Crippen LogP contribution in [0.25, 0.3) is 6.08 Å². The summed E-state index contributed by atoms with van der Waals surface area (Å²) in [5, 5.41) is 27.9. The molecule has 2 N–H and O–H groups in total. The van der Waals surface area contributed by atoms with Crippen LogP contribution in [-0.2, 0) is 11.3 Å². The van der Waals surface area contributed by atoms with Crippen molar-refractivity contribution in [3.63, 3.8) is 0 Å². The Labute approximate surface area is 163 Å². The van der Waals surface area contributed by atoms with E-state index in [4.69, 9.17) is 28.9 Å². The zero-order chi connectivity index (χ0) is 18.7. The van der Waals surface area contributed by atoms with Crippen LogP contribution in [0.4, 0.5) is 0 Å². The Morgan fingerprint density at radius 2 is 2.08 bits per heavy atom. The van der Waals surface area contributed by atoms with Crippen LogP contribution in [0.5, 0.6) is 5.88 Å². The molecule has 0 unspecified atom stereocenters. The standard InChI is InChI=1S/C17H14ClN3O3S2/c18-12-5-3-10(4-6-12)15-11(9-19-20-15)8-13-16(24)21(17(25)26-13)7-1-2-14(22)23/h3-6,8-9,24H,1-2,7H2,(H,22,23). The van der Waals surface area contributed by atoms with Crippen molar-refractivity contribution in [2.75, 3.05) is 0 Å². The molecule has 3 rings (SSSR count). The molecule has 0 fully saturated rings. The first-order valence-corrected chi connectivity index (χ1v) is 9.29. The Kier molecular flexibility index (Phi) is 5.65. The number of allylic oxidation sites excluding steroid dienone is 1. The van der Waals surface area contributed by atoms with Gasteiger partial charge in [0.15, 0.2) is 3.95 Å². The third-order valence-corrected chi connectivity index (χ3v) is 5.34. The number of carboxylic acids is 1. The third-order valence-electron chi connectivity index (χ3n) is 3.70. The summed E-state index contributed by atoms with van der Waals surface area (Å²) in [4.78, 5) is 11.2. The van der Waals surface area contributed by atoms with Crippen LogP contribution in [-0.4, -0.2) is 32.7 Å². The normalized spacial score (nSPS) is 14.8. The van der Waals surface area contributed by atoms with E-state index in [1.807, 2.05) is 12.1 Å². The quantitative estimate of drug-likeness (QED) is 0.696. The molecule has 1 aromatic heterocycles. The van der Waals surface area contributed by atoms with Crippen molar-refractivity contribution >= 4 is 59.1 Å². The maximum absolute atomic E-state index is 10.6. The minimum absolute atomic E-state index is 0.0213. The smallest absolute Gasteiger partial charge is 0.303 e. The summed E-state index contributed by atoms with van der Waals surface area (Å²) in [5.74, 6) is -0.854. The molecule has 2 heterocycles. The van der Waals surface area contributed by atoms with E-state index in [9.17, 15) is 9.90 Å². The van der Waals surface area contributed by atoms with Gasteiger partial charge >= 0.3 is 5.97 Å². The number of carboxylic acid groups (broad SMARTS) is 1. The highest BCUT2D eigenvalue weighted by Crippen LogP contribution is 2.30. The minimum atomic E-state index is -0.875. The van der Waals surface area contributed by atoms with Gasteiger partial charge in [-0.3, -0.25) is 9.36 Å². The average Bonchev–Trinajstić information content (AvgIpc) is 3.15. The van der Waals surface area contributed by atoms with Gasteiger partial charge < -0.3 is 10.2 Å². The van der Waals surface area contributed by atoms with Gasteiger partial charge in [0.1, 0.15) is 5.71 Å². The second-order valence-corrected chi connectivity index (χ2v) is 7.62. The lowest BCUT2D eigenvalue weighted by atomic mass is 10.0. The molecular weight excluding hydrogens is 394 g/mol. The summed E-state index contributed by atoms with van der Waals surface area (Å²) in [6.07, 6.45) is 3.80. The molecule has 134 valence electrons. The third kappa shape index (κ3) is 4.09.